The fourth-order valence-electron chi connectivity index (χ4n) is 5.36. The molecule has 3 radical (unpaired) electrons. The monoisotopic (exact) mass is 949 g/mol. The van der Waals surface area contributed by atoms with Crippen molar-refractivity contribution in [3.05, 3.63) is 48.6 Å². The van der Waals surface area contributed by atoms with Crippen LogP contribution in [0.4, 0.5) is 13.2 Å². The van der Waals surface area contributed by atoms with Gasteiger partial charge in [0.1, 0.15) is 6.29 Å². The zero-order valence-electron chi connectivity index (χ0n) is 39.9. The van der Waals surface area contributed by atoms with Crippen LogP contribution in [0.5, 0.6) is 0 Å². The molecule has 365 valence electrons. The van der Waals surface area contributed by atoms with Gasteiger partial charge in [-0.15, -0.1) is 0 Å². The first kappa shape index (κ1) is 65.8. The van der Waals surface area contributed by atoms with Crippen LogP contribution in [0.25, 0.3) is 0 Å². The summed E-state index contributed by atoms with van der Waals surface area (Å²) in [5.74, 6) is -4.33. The van der Waals surface area contributed by atoms with Gasteiger partial charge in [-0.1, -0.05) is 65.8 Å². The molecule has 0 aromatic carbocycles. The van der Waals surface area contributed by atoms with Gasteiger partial charge < -0.3 is 32.8 Å². The number of piperidine rings is 2. The Bertz CT molecular complexity index is 1670. The third-order valence-corrected chi connectivity index (χ3v) is 8.40. The van der Waals surface area contributed by atoms with Crippen LogP contribution in [-0.4, -0.2) is 134 Å². The van der Waals surface area contributed by atoms with Gasteiger partial charge in [0.25, 0.3) is 23.6 Å². The number of likely N-dealkylation sites (tertiary alicyclic amines) is 1. The molecular weight excluding hydrogens is 883 g/mol. The molecule has 4 aliphatic heterocycles. The molecule has 4 aliphatic rings. The van der Waals surface area contributed by atoms with Crippen LogP contribution in [0.3, 0.4) is 0 Å². The van der Waals surface area contributed by atoms with E-state index in [4.69, 9.17) is 9.90 Å². The topological polar surface area (TPSA) is 223 Å². The van der Waals surface area contributed by atoms with Crippen molar-refractivity contribution in [1.82, 2.24) is 20.0 Å². The number of nitrogens with zero attached hydrogens (tertiary/aromatic N) is 3. The van der Waals surface area contributed by atoms with Crippen LogP contribution < -0.4 is 34.9 Å². The predicted octanol–water partition coefficient (Wildman–Crippen LogP) is 2.00. The van der Waals surface area contributed by atoms with Gasteiger partial charge in [-0.2, -0.15) is 13.2 Å². The second-order valence-electron chi connectivity index (χ2n) is 17.1. The van der Waals surface area contributed by atoms with E-state index in [1.165, 1.54) is 28.9 Å². The fourth-order valence-corrected chi connectivity index (χ4v) is 5.36. The molecule has 0 spiro atoms. The average molecular weight is 950 g/mol. The number of carbonyl (C=O) groups excluding carboxylic acids is 8. The summed E-state index contributed by atoms with van der Waals surface area (Å²) in [4.78, 5) is 108. The van der Waals surface area contributed by atoms with Gasteiger partial charge in [0.05, 0.1) is 0 Å². The maximum absolute atomic E-state index is 12.1. The van der Waals surface area contributed by atoms with Crippen molar-refractivity contribution in [2.75, 3.05) is 45.8 Å². The summed E-state index contributed by atoms with van der Waals surface area (Å²) >= 11 is 0. The number of carboxylic acid groups (broad SMARTS) is 1. The molecule has 0 aliphatic carbocycles. The Kier molecular flexibility index (Phi) is 34.7. The molecule has 4 amide bonds. The van der Waals surface area contributed by atoms with Gasteiger partial charge in [0, 0.05) is 45.8 Å². The van der Waals surface area contributed by atoms with E-state index >= 15 is 0 Å². The van der Waals surface area contributed by atoms with Gasteiger partial charge in [0.15, 0.2) is 0 Å². The molecule has 66 heavy (non-hydrogen) atoms. The summed E-state index contributed by atoms with van der Waals surface area (Å²) in [7, 11) is 4.32. The first-order chi connectivity index (χ1) is 30.0. The smallest absolute Gasteiger partial charge is 0.793 e. The number of nitrogens with one attached hydrogen (secondary N) is 1. The molecule has 4 heterocycles. The predicted molar refractivity (Wildman–Crippen MR) is 234 cm³/mol. The first-order valence-electron chi connectivity index (χ1n) is 20.9. The molecular formula is C44H66BF3N4NaO13. The van der Waals surface area contributed by atoms with Crippen LogP contribution in [0.1, 0.15) is 101 Å². The van der Waals surface area contributed by atoms with Crippen LogP contribution in [0, 0.1) is 22.7 Å². The van der Waals surface area contributed by atoms with Crippen molar-refractivity contribution < 1.29 is 105 Å². The maximum atomic E-state index is 12.1. The summed E-state index contributed by atoms with van der Waals surface area (Å²) in [5, 5.41) is 10.4. The Labute approximate surface area is 409 Å². The van der Waals surface area contributed by atoms with Gasteiger partial charge in [-0.3, -0.25) is 33.8 Å². The van der Waals surface area contributed by atoms with E-state index in [0.717, 1.165) is 91.4 Å². The Morgan fingerprint density at radius 2 is 1.08 bits per heavy atom. The van der Waals surface area contributed by atoms with Crippen LogP contribution in [0.2, 0.25) is 0 Å². The third-order valence-electron chi connectivity index (χ3n) is 8.40. The standard InChI is InChI=1S/C18H28N2O2.C13H18N2O2.C5H10O.C4H6O4.C2H3BO2.C2HF3O2.Na/c1-18(2,3)14-19-12-9-15(10-13-19)7-8-17(22)20-11-5-4-6-16(20)21;16-12-3-1-2-10-15(12)13(17)5-4-11-6-8-14-9-7-11;1-5(2,3)4-6;1-3(5)7-8-4(2)6;1-2(4)5-3;3-2(4,5)1(6)7;/h4,6-8,15H,5,9-14H2,1-3H3;1,3-5,11,14H,2,6-10H2;4H,1-3H3;1-2H3;1H3;(H,6,7);/q;;;;-1;;+1/b8-7+;5-4+;;;;;. The summed E-state index contributed by atoms with van der Waals surface area (Å²) < 4.78 is 35.3. The molecule has 0 unspecified atom stereocenters. The minimum atomic E-state index is -5.08. The van der Waals surface area contributed by atoms with Crippen molar-refractivity contribution in [3.8, 4) is 0 Å². The van der Waals surface area contributed by atoms with E-state index in [1.54, 1.807) is 12.2 Å². The van der Waals surface area contributed by atoms with E-state index in [9.17, 15) is 51.5 Å². The number of allylic oxidation sites excluding steroid dienone is 2. The molecule has 0 bridgehead atoms. The van der Waals surface area contributed by atoms with Crippen LogP contribution >= 0.6 is 0 Å². The van der Waals surface area contributed by atoms with Gasteiger partial charge in [-0.05, 0) is 106 Å². The molecule has 17 nitrogen and oxygen atoms in total. The molecule has 0 aromatic heterocycles. The summed E-state index contributed by atoms with van der Waals surface area (Å²) in [5.41, 5.74) is 0.195. The number of aldehydes is 1. The van der Waals surface area contributed by atoms with Gasteiger partial charge in [0.2, 0.25) is 5.97 Å². The Morgan fingerprint density at radius 3 is 1.35 bits per heavy atom. The van der Waals surface area contributed by atoms with Crippen molar-refractivity contribution in [2.24, 2.45) is 22.7 Å². The number of carbonyl (C=O) groups is 9. The Morgan fingerprint density at radius 1 is 0.727 bits per heavy atom. The SMILES string of the molecule is CC(=O)OOC(C)=O.CC(C)(C)C=O.CC(C)(C)CN1CCC(/C=C/C(=O)N2CCC=CC2=O)CC1.O=C(O)C(F)(F)F.O=C1C=CCCN1C(=O)/C=C/C1CCNCC1.[B-]OC(C)=O.[Na+]. The number of aliphatic carboxylic acids is 1. The average Bonchev–Trinajstić information content (AvgIpc) is 3.22. The summed E-state index contributed by atoms with van der Waals surface area (Å²) in [6.07, 6.45) is 15.4. The molecule has 2 N–H and O–H groups in total. The van der Waals surface area contributed by atoms with Gasteiger partial charge in [-0.25, -0.2) is 24.2 Å². The van der Waals surface area contributed by atoms with E-state index < -0.39 is 30.1 Å². The van der Waals surface area contributed by atoms with Crippen molar-refractivity contribution in [3.63, 3.8) is 0 Å². The number of halogens is 3. The van der Waals surface area contributed by atoms with Crippen molar-refractivity contribution in [1.29, 1.82) is 0 Å². The number of hydrogen-bond acceptors (Lipinski definition) is 14. The Hall–Kier alpha value is -4.44. The summed E-state index contributed by atoms with van der Waals surface area (Å²) in [6.45, 7) is 22.3. The quantitative estimate of drug-likeness (QED) is 0.132. The van der Waals surface area contributed by atoms with E-state index in [-0.39, 0.29) is 58.6 Å². The molecule has 2 fully saturated rings. The third kappa shape index (κ3) is 36.7. The number of hydrogen-bond donors (Lipinski definition) is 2. The van der Waals surface area contributed by atoms with E-state index in [2.05, 4.69) is 53.5 Å². The number of carboxylic acids is 1. The number of amides is 4. The molecule has 0 saturated carbocycles. The summed E-state index contributed by atoms with van der Waals surface area (Å²) in [6, 6.07) is 0. The number of alkyl halides is 3. The first-order valence-corrected chi connectivity index (χ1v) is 20.9. The van der Waals surface area contributed by atoms with Crippen molar-refractivity contribution in [2.45, 2.75) is 107 Å². The zero-order chi connectivity index (χ0) is 50.4. The largest absolute Gasteiger partial charge is 1.00 e. The molecule has 4 rings (SSSR count). The minimum absolute atomic E-state index is 0. The molecule has 0 aromatic rings. The molecule has 2 saturated heterocycles. The second-order valence-corrected chi connectivity index (χ2v) is 17.1. The van der Waals surface area contributed by atoms with Crippen LogP contribution in [-0.2, 0) is 57.6 Å². The maximum Gasteiger partial charge on any atom is 1.00 e. The minimum Gasteiger partial charge on any atom is -0.793 e. The van der Waals surface area contributed by atoms with Crippen molar-refractivity contribution >= 4 is 61.8 Å². The molecule has 0 atom stereocenters. The van der Waals surface area contributed by atoms with Gasteiger partial charge >= 0.3 is 53.6 Å². The second kappa shape index (κ2) is 34.8. The number of rotatable bonds is 5. The van der Waals surface area contributed by atoms with E-state index in [1.807, 2.05) is 45.1 Å². The zero-order valence-corrected chi connectivity index (χ0v) is 41.9. The Balaban J connectivity index is -0.000000795. The fraction of sp³-hybridized carbons (Fsp3) is 0.614. The normalized spacial score (nSPS) is 16.7. The number of imide groups is 2. The molecule has 22 heteroatoms. The van der Waals surface area contributed by atoms with E-state index in [0.29, 0.717) is 30.3 Å². The van der Waals surface area contributed by atoms with Crippen LogP contribution in [0.15, 0.2) is 48.6 Å².